The predicted octanol–water partition coefficient (Wildman–Crippen LogP) is 0.129. The maximum atomic E-state index is 4.47. The van der Waals surface area contributed by atoms with Gasteiger partial charge in [0.15, 0.2) is 0 Å². The van der Waals surface area contributed by atoms with Gasteiger partial charge in [0.1, 0.15) is 0 Å². The molecule has 0 radical (unpaired) electrons. The maximum Gasteiger partial charge on any atom is 0.0778 e. The van der Waals surface area contributed by atoms with Gasteiger partial charge in [-0.05, 0) is 0 Å². The van der Waals surface area contributed by atoms with Crippen LogP contribution in [0.1, 0.15) is 0 Å². The van der Waals surface area contributed by atoms with Crippen molar-refractivity contribution in [1.82, 2.24) is 9.80 Å². The molecule has 0 aromatic rings. The number of piperazine rings is 3. The molecule has 58 valence electrons. The SMILES string of the molecule is S[C@H]1[C@H](S)N2CCN1CC2. The Labute approximate surface area is 72.4 Å². The van der Waals surface area contributed by atoms with Gasteiger partial charge in [-0.1, -0.05) is 0 Å². The van der Waals surface area contributed by atoms with E-state index in [-0.39, 0.29) is 0 Å². The first kappa shape index (κ1) is 7.28. The summed E-state index contributed by atoms with van der Waals surface area (Å²) in [6, 6.07) is 0. The van der Waals surface area contributed by atoms with Crippen molar-refractivity contribution in [3.05, 3.63) is 0 Å². The van der Waals surface area contributed by atoms with Gasteiger partial charge in [0.05, 0.1) is 10.7 Å². The predicted molar refractivity (Wildman–Crippen MR) is 48.7 cm³/mol. The van der Waals surface area contributed by atoms with Crippen LogP contribution in [0.25, 0.3) is 0 Å². The Kier molecular flexibility index (Phi) is 1.88. The lowest BCUT2D eigenvalue weighted by molar-refractivity contribution is 0.0365. The van der Waals surface area contributed by atoms with Crippen molar-refractivity contribution in [2.45, 2.75) is 10.7 Å². The first-order chi connectivity index (χ1) is 4.79. The average Bonchev–Trinajstić information content (AvgIpc) is 2.00. The lowest BCUT2D eigenvalue weighted by Crippen LogP contribution is -2.62. The van der Waals surface area contributed by atoms with Crippen molar-refractivity contribution in [1.29, 1.82) is 0 Å². The monoisotopic (exact) mass is 176 g/mol. The van der Waals surface area contributed by atoms with Crippen LogP contribution in [0, 0.1) is 0 Å². The van der Waals surface area contributed by atoms with Crippen LogP contribution in [-0.2, 0) is 0 Å². The Balaban J connectivity index is 2.13. The van der Waals surface area contributed by atoms with Crippen molar-refractivity contribution in [3.8, 4) is 0 Å². The number of thiol groups is 2. The van der Waals surface area contributed by atoms with E-state index in [1.54, 1.807) is 0 Å². The molecule has 3 heterocycles. The van der Waals surface area contributed by atoms with E-state index in [4.69, 9.17) is 0 Å². The van der Waals surface area contributed by atoms with Crippen LogP contribution in [0.3, 0.4) is 0 Å². The zero-order valence-electron chi connectivity index (χ0n) is 5.77. The van der Waals surface area contributed by atoms with Crippen molar-refractivity contribution < 1.29 is 0 Å². The molecule has 2 bridgehead atoms. The largest absolute Gasteiger partial charge is 0.287 e. The molecule has 0 N–H and O–H groups in total. The number of fused-ring (bicyclic) bond motifs is 3. The molecule has 0 unspecified atom stereocenters. The molecule has 3 rings (SSSR count). The fourth-order valence-electron chi connectivity index (χ4n) is 1.64. The highest BCUT2D eigenvalue weighted by Gasteiger charge is 2.36. The van der Waals surface area contributed by atoms with Crippen LogP contribution in [0.15, 0.2) is 0 Å². The van der Waals surface area contributed by atoms with Gasteiger partial charge in [-0.2, -0.15) is 25.3 Å². The highest BCUT2D eigenvalue weighted by Crippen LogP contribution is 2.26. The summed E-state index contributed by atoms with van der Waals surface area (Å²) >= 11 is 8.94. The Hall–Kier alpha value is 0.620. The molecular formula is C6H12N2S2. The number of hydrogen-bond donors (Lipinski definition) is 2. The van der Waals surface area contributed by atoms with E-state index in [1.807, 2.05) is 0 Å². The quantitative estimate of drug-likeness (QED) is 0.507. The van der Waals surface area contributed by atoms with Crippen molar-refractivity contribution in [2.75, 3.05) is 26.2 Å². The summed E-state index contributed by atoms with van der Waals surface area (Å²) < 4.78 is 0. The van der Waals surface area contributed by atoms with Gasteiger partial charge >= 0.3 is 0 Å². The summed E-state index contributed by atoms with van der Waals surface area (Å²) in [5.41, 5.74) is 0. The molecule has 4 heteroatoms. The van der Waals surface area contributed by atoms with Crippen molar-refractivity contribution in [3.63, 3.8) is 0 Å². The van der Waals surface area contributed by atoms with Crippen LogP contribution in [0.4, 0.5) is 0 Å². The third-order valence-electron chi connectivity index (χ3n) is 2.36. The second-order valence-corrected chi connectivity index (χ2v) is 3.96. The van der Waals surface area contributed by atoms with E-state index in [0.29, 0.717) is 10.7 Å². The molecule has 0 amide bonds. The van der Waals surface area contributed by atoms with Gasteiger partial charge < -0.3 is 0 Å². The summed E-state index contributed by atoms with van der Waals surface area (Å²) in [6.07, 6.45) is 0. The minimum absolute atomic E-state index is 0.353. The zero-order chi connectivity index (χ0) is 7.14. The van der Waals surface area contributed by atoms with E-state index in [0.717, 1.165) is 0 Å². The standard InChI is InChI=1S/C6H12N2S2/c9-5-6(10)8-2-1-7(5)3-4-8/h5-6,9-10H,1-4H2/t5-,6-/m0/s1. The molecule has 0 aromatic heterocycles. The van der Waals surface area contributed by atoms with E-state index in [9.17, 15) is 0 Å². The van der Waals surface area contributed by atoms with Crippen molar-refractivity contribution in [2.24, 2.45) is 0 Å². The third-order valence-corrected chi connectivity index (χ3v) is 3.82. The van der Waals surface area contributed by atoms with Crippen LogP contribution >= 0.6 is 25.3 Å². The summed E-state index contributed by atoms with van der Waals surface area (Å²) in [6.45, 7) is 4.69. The molecule has 3 saturated heterocycles. The Morgan fingerprint density at radius 1 is 0.800 bits per heavy atom. The second kappa shape index (κ2) is 2.59. The van der Waals surface area contributed by atoms with Crippen LogP contribution in [0.2, 0.25) is 0 Å². The number of rotatable bonds is 0. The summed E-state index contributed by atoms with van der Waals surface area (Å²) in [4.78, 5) is 4.78. The van der Waals surface area contributed by atoms with Gasteiger partial charge in [-0.3, -0.25) is 9.80 Å². The highest BCUT2D eigenvalue weighted by molar-refractivity contribution is 7.85. The van der Waals surface area contributed by atoms with Crippen LogP contribution < -0.4 is 0 Å². The Morgan fingerprint density at radius 3 is 1.30 bits per heavy atom. The molecule has 3 aliphatic heterocycles. The zero-order valence-corrected chi connectivity index (χ0v) is 7.56. The smallest absolute Gasteiger partial charge is 0.0778 e. The van der Waals surface area contributed by atoms with Gasteiger partial charge in [0.2, 0.25) is 0 Å². The molecule has 0 saturated carbocycles. The first-order valence-electron chi connectivity index (χ1n) is 3.63. The molecule has 0 spiro atoms. The first-order valence-corrected chi connectivity index (χ1v) is 4.66. The van der Waals surface area contributed by atoms with Gasteiger partial charge in [0.25, 0.3) is 0 Å². The van der Waals surface area contributed by atoms with E-state index in [1.165, 1.54) is 26.2 Å². The van der Waals surface area contributed by atoms with Gasteiger partial charge in [0, 0.05) is 26.2 Å². The van der Waals surface area contributed by atoms with Crippen LogP contribution in [-0.4, -0.2) is 46.7 Å². The fraction of sp³-hybridized carbons (Fsp3) is 1.00. The number of hydrogen-bond acceptors (Lipinski definition) is 4. The molecule has 3 fully saturated rings. The average molecular weight is 176 g/mol. The summed E-state index contributed by atoms with van der Waals surface area (Å²) in [5.74, 6) is 0. The molecule has 0 aliphatic carbocycles. The Morgan fingerprint density at radius 2 is 1.10 bits per heavy atom. The number of nitrogens with zero attached hydrogens (tertiary/aromatic N) is 2. The van der Waals surface area contributed by atoms with Crippen LogP contribution in [0.5, 0.6) is 0 Å². The van der Waals surface area contributed by atoms with E-state index in [2.05, 4.69) is 35.1 Å². The minimum atomic E-state index is 0.353. The maximum absolute atomic E-state index is 4.47. The lowest BCUT2D eigenvalue weighted by atomic mass is 10.2. The molecule has 0 aromatic carbocycles. The summed E-state index contributed by atoms with van der Waals surface area (Å²) in [7, 11) is 0. The highest BCUT2D eigenvalue weighted by atomic mass is 32.1. The fourth-order valence-corrected chi connectivity index (χ4v) is 2.48. The Bertz CT molecular complexity index is 114. The normalized spacial score (nSPS) is 53.4. The molecule has 3 aliphatic rings. The molecule has 2 nitrogen and oxygen atoms in total. The van der Waals surface area contributed by atoms with Crippen molar-refractivity contribution >= 4 is 25.3 Å². The molecule has 10 heavy (non-hydrogen) atoms. The second-order valence-electron chi connectivity index (χ2n) is 2.90. The van der Waals surface area contributed by atoms with E-state index >= 15 is 0 Å². The van der Waals surface area contributed by atoms with E-state index < -0.39 is 0 Å². The summed E-state index contributed by atoms with van der Waals surface area (Å²) in [5, 5.41) is 0.705. The van der Waals surface area contributed by atoms with Gasteiger partial charge in [-0.25, -0.2) is 0 Å². The molecule has 2 atom stereocenters. The molecular weight excluding hydrogens is 164 g/mol. The third kappa shape index (κ3) is 0.978. The lowest BCUT2D eigenvalue weighted by Gasteiger charge is -2.49. The minimum Gasteiger partial charge on any atom is -0.287 e. The topological polar surface area (TPSA) is 6.48 Å². The van der Waals surface area contributed by atoms with Gasteiger partial charge in [-0.15, -0.1) is 0 Å².